The van der Waals surface area contributed by atoms with Gasteiger partial charge in [-0.1, -0.05) is 83.1 Å². The highest BCUT2D eigenvalue weighted by molar-refractivity contribution is 6.28. The lowest BCUT2D eigenvalue weighted by Crippen LogP contribution is -2.31. The van der Waals surface area contributed by atoms with E-state index in [1.54, 1.807) is 24.3 Å². The molecule has 0 aromatic heterocycles. The third-order valence-electron chi connectivity index (χ3n) is 4.89. The molecule has 1 fully saturated rings. The van der Waals surface area contributed by atoms with Crippen LogP contribution < -0.4 is 10.2 Å². The number of rotatable bonds is 6. The van der Waals surface area contributed by atoms with Gasteiger partial charge in [-0.25, -0.2) is 14.5 Å². The standard InChI is InChI=1S/C10H7NO2.C9H11NO2.C8H11NO4.2C2H6/c12-9-6-7-10(13)11(9)8-4-2-1-3-5-8;1-10-9(11)12-7-8-5-3-2-4-6-8;1-2-3-8(12)13-9-6(10)4-5-7(9)11;2*1-2/h1-7H;2-6H,7H2,1H3,(H,10,11);2-5H2,1H3;2*1-2H3. The van der Waals surface area contributed by atoms with Gasteiger partial charge < -0.3 is 14.9 Å². The number of para-hydroxylation sites is 1. The summed E-state index contributed by atoms with van der Waals surface area (Å²) in [6.07, 6.45) is 3.27. The quantitative estimate of drug-likeness (QED) is 0.463. The van der Waals surface area contributed by atoms with E-state index in [0.29, 0.717) is 23.8 Å². The van der Waals surface area contributed by atoms with Crippen LogP contribution in [0.1, 0.15) is 65.9 Å². The minimum absolute atomic E-state index is 0.137. The highest BCUT2D eigenvalue weighted by Crippen LogP contribution is 2.17. The first-order valence-electron chi connectivity index (χ1n) is 13.8. The summed E-state index contributed by atoms with van der Waals surface area (Å²) in [7, 11) is 1.54. The van der Waals surface area contributed by atoms with Crippen molar-refractivity contribution in [3.8, 4) is 0 Å². The summed E-state index contributed by atoms with van der Waals surface area (Å²) in [6, 6.07) is 18.4. The first-order chi connectivity index (χ1) is 20.3. The summed E-state index contributed by atoms with van der Waals surface area (Å²) in [5.41, 5.74) is 1.60. The van der Waals surface area contributed by atoms with E-state index in [-0.39, 0.29) is 31.1 Å². The van der Waals surface area contributed by atoms with Crippen molar-refractivity contribution < 1.29 is 38.3 Å². The zero-order valence-electron chi connectivity index (χ0n) is 25.1. The second-order valence-corrected chi connectivity index (χ2v) is 7.79. The Balaban J connectivity index is 0.000000566. The van der Waals surface area contributed by atoms with Crippen molar-refractivity contribution in [3.63, 3.8) is 0 Å². The van der Waals surface area contributed by atoms with Gasteiger partial charge in [-0.05, 0) is 24.1 Å². The Labute approximate surface area is 247 Å². The number of anilines is 1. The van der Waals surface area contributed by atoms with Gasteiger partial charge in [0.2, 0.25) is 0 Å². The van der Waals surface area contributed by atoms with Crippen molar-refractivity contribution in [2.75, 3.05) is 11.9 Å². The summed E-state index contributed by atoms with van der Waals surface area (Å²) in [6.45, 7) is 10.1. The molecule has 5 amide bonds. The molecule has 4 rings (SSSR count). The molecule has 11 heteroatoms. The molecule has 11 nitrogen and oxygen atoms in total. The minimum atomic E-state index is -0.536. The largest absolute Gasteiger partial charge is 0.445 e. The molecule has 0 atom stereocenters. The number of hydroxylamine groups is 2. The number of ether oxygens (including phenoxy) is 1. The van der Waals surface area contributed by atoms with Crippen LogP contribution in [0.5, 0.6) is 0 Å². The Bertz CT molecular complexity index is 1130. The van der Waals surface area contributed by atoms with Crippen molar-refractivity contribution in [1.82, 2.24) is 10.4 Å². The van der Waals surface area contributed by atoms with E-state index in [4.69, 9.17) is 4.74 Å². The average molecular weight is 584 g/mol. The van der Waals surface area contributed by atoms with E-state index < -0.39 is 23.9 Å². The summed E-state index contributed by atoms with van der Waals surface area (Å²) in [4.78, 5) is 71.6. The van der Waals surface area contributed by atoms with Crippen molar-refractivity contribution >= 4 is 41.4 Å². The molecule has 228 valence electrons. The Morgan fingerprint density at radius 3 is 1.71 bits per heavy atom. The third kappa shape index (κ3) is 13.5. The zero-order chi connectivity index (χ0) is 31.9. The van der Waals surface area contributed by atoms with E-state index >= 15 is 0 Å². The van der Waals surface area contributed by atoms with Gasteiger partial charge in [-0.3, -0.25) is 19.2 Å². The lowest BCUT2D eigenvalue weighted by atomic mass is 10.2. The predicted octanol–water partition coefficient (Wildman–Crippen LogP) is 5.10. The number of hydrogen-bond acceptors (Lipinski definition) is 8. The van der Waals surface area contributed by atoms with E-state index in [0.717, 1.165) is 10.5 Å². The molecule has 0 radical (unpaired) electrons. The Morgan fingerprint density at radius 2 is 1.26 bits per heavy atom. The molecule has 2 aliphatic rings. The van der Waals surface area contributed by atoms with Gasteiger partial charge in [0, 0.05) is 38.5 Å². The number of carbonyl (C=O) groups excluding carboxylic acids is 6. The van der Waals surface area contributed by atoms with Crippen LogP contribution in [0, 0.1) is 0 Å². The highest BCUT2D eigenvalue weighted by Gasteiger charge is 2.32. The van der Waals surface area contributed by atoms with Gasteiger partial charge in [0.15, 0.2) is 0 Å². The topological polar surface area (TPSA) is 139 Å². The number of hydrogen-bond donors (Lipinski definition) is 1. The fourth-order valence-corrected chi connectivity index (χ4v) is 3.04. The first kappa shape index (κ1) is 37.2. The number of alkyl carbamates (subject to hydrolysis) is 1. The Morgan fingerprint density at radius 1 is 0.786 bits per heavy atom. The molecule has 0 bridgehead atoms. The second-order valence-electron chi connectivity index (χ2n) is 7.79. The van der Waals surface area contributed by atoms with Crippen LogP contribution in [0.15, 0.2) is 72.8 Å². The average Bonchev–Trinajstić information content (AvgIpc) is 3.54. The van der Waals surface area contributed by atoms with Gasteiger partial charge >= 0.3 is 12.1 Å². The van der Waals surface area contributed by atoms with E-state index in [1.807, 2.05) is 71.0 Å². The molecule has 0 saturated carbocycles. The smallest absolute Gasteiger partial charge is 0.407 e. The molecular weight excluding hydrogens is 542 g/mol. The number of amides is 5. The van der Waals surface area contributed by atoms with Crippen LogP contribution in [0.4, 0.5) is 10.5 Å². The van der Waals surface area contributed by atoms with Crippen LogP contribution in [0.25, 0.3) is 0 Å². The molecule has 0 unspecified atom stereocenters. The van der Waals surface area contributed by atoms with Crippen molar-refractivity contribution in [1.29, 1.82) is 0 Å². The van der Waals surface area contributed by atoms with Gasteiger partial charge in [0.1, 0.15) is 6.61 Å². The molecule has 1 N–H and O–H groups in total. The molecule has 2 heterocycles. The van der Waals surface area contributed by atoms with E-state index in [2.05, 4.69) is 10.2 Å². The maximum atomic E-state index is 11.2. The van der Waals surface area contributed by atoms with Crippen molar-refractivity contribution in [3.05, 3.63) is 78.4 Å². The van der Waals surface area contributed by atoms with Crippen molar-refractivity contribution in [2.45, 2.75) is 66.9 Å². The molecule has 2 aromatic carbocycles. The number of carbonyl (C=O) groups is 6. The second kappa shape index (κ2) is 22.0. The monoisotopic (exact) mass is 583 g/mol. The number of nitrogens with zero attached hydrogens (tertiary/aromatic N) is 2. The van der Waals surface area contributed by atoms with Gasteiger partial charge in [-0.2, -0.15) is 0 Å². The predicted molar refractivity (Wildman–Crippen MR) is 159 cm³/mol. The van der Waals surface area contributed by atoms with Crippen LogP contribution in [-0.4, -0.2) is 47.8 Å². The van der Waals surface area contributed by atoms with Crippen LogP contribution in [0.2, 0.25) is 0 Å². The Kier molecular flexibility index (Phi) is 19.4. The maximum absolute atomic E-state index is 11.2. The van der Waals surface area contributed by atoms with Gasteiger partial charge in [0.25, 0.3) is 23.6 Å². The zero-order valence-corrected chi connectivity index (χ0v) is 25.1. The highest BCUT2D eigenvalue weighted by atomic mass is 16.7. The maximum Gasteiger partial charge on any atom is 0.407 e. The lowest BCUT2D eigenvalue weighted by Gasteiger charge is -2.12. The third-order valence-corrected chi connectivity index (χ3v) is 4.89. The number of imide groups is 2. The fraction of sp³-hybridized carbons (Fsp3) is 0.355. The van der Waals surface area contributed by atoms with Crippen LogP contribution in [0.3, 0.4) is 0 Å². The van der Waals surface area contributed by atoms with Gasteiger partial charge in [-0.15, -0.1) is 5.06 Å². The molecular formula is C31H41N3O8. The molecule has 2 aliphatic heterocycles. The van der Waals surface area contributed by atoms with Crippen molar-refractivity contribution in [2.24, 2.45) is 0 Å². The van der Waals surface area contributed by atoms with E-state index in [1.165, 1.54) is 19.2 Å². The molecule has 42 heavy (non-hydrogen) atoms. The summed E-state index contributed by atoms with van der Waals surface area (Å²) < 4.78 is 4.83. The lowest BCUT2D eigenvalue weighted by molar-refractivity contribution is -0.197. The number of nitrogens with one attached hydrogen (secondary N) is 1. The number of benzene rings is 2. The summed E-state index contributed by atoms with van der Waals surface area (Å²) in [5.74, 6) is -1.97. The molecule has 0 spiro atoms. The minimum Gasteiger partial charge on any atom is -0.445 e. The first-order valence-corrected chi connectivity index (χ1v) is 13.8. The van der Waals surface area contributed by atoms with Crippen LogP contribution in [-0.2, 0) is 40.2 Å². The molecule has 1 saturated heterocycles. The Hall–Kier alpha value is -4.80. The normalized spacial score (nSPS) is 12.8. The molecule has 0 aliphatic carbocycles. The summed E-state index contributed by atoms with van der Waals surface area (Å²) in [5, 5.41) is 2.94. The summed E-state index contributed by atoms with van der Waals surface area (Å²) >= 11 is 0. The van der Waals surface area contributed by atoms with E-state index in [9.17, 15) is 28.8 Å². The molecule has 2 aromatic rings. The van der Waals surface area contributed by atoms with Gasteiger partial charge in [0.05, 0.1) is 5.69 Å². The fourth-order valence-electron chi connectivity index (χ4n) is 3.04. The van der Waals surface area contributed by atoms with Crippen LogP contribution >= 0.6 is 0 Å². The SMILES string of the molecule is CC.CC.CCCC(=O)ON1C(=O)CCC1=O.CNC(=O)OCc1ccccc1.O=C1C=CC(=O)N1c1ccccc1.